The maximum atomic E-state index is 11.4. The first-order valence-electron chi connectivity index (χ1n) is 6.37. The summed E-state index contributed by atoms with van der Waals surface area (Å²) in [5, 5.41) is 1.03. The van der Waals surface area contributed by atoms with E-state index in [1.807, 2.05) is 19.0 Å². The van der Waals surface area contributed by atoms with Crippen LogP contribution in [-0.4, -0.2) is 44.7 Å². The highest BCUT2D eigenvalue weighted by Crippen LogP contribution is 2.27. The molecule has 1 aromatic rings. The van der Waals surface area contributed by atoms with E-state index >= 15 is 0 Å². The quantitative estimate of drug-likeness (QED) is 0.544. The van der Waals surface area contributed by atoms with Crippen LogP contribution in [0.4, 0.5) is 0 Å². The van der Waals surface area contributed by atoms with Crippen LogP contribution in [-0.2, 0) is 9.53 Å². The standard InChI is InChI=1S/C14H19Cl2NO3/c1-17(2)7-9-20-14(18)4-3-8-19-13-6-5-11(15)10-12(13)16/h5-6,10H,3-4,7-9H2,1-2H3. The Labute approximate surface area is 129 Å². The summed E-state index contributed by atoms with van der Waals surface area (Å²) < 4.78 is 10.5. The number of benzene rings is 1. The summed E-state index contributed by atoms with van der Waals surface area (Å²) >= 11 is 11.7. The first-order chi connectivity index (χ1) is 9.49. The van der Waals surface area contributed by atoms with E-state index in [0.29, 0.717) is 41.9 Å². The molecule has 20 heavy (non-hydrogen) atoms. The fourth-order valence-electron chi connectivity index (χ4n) is 1.41. The van der Waals surface area contributed by atoms with E-state index in [1.165, 1.54) is 0 Å². The molecule has 0 fully saturated rings. The van der Waals surface area contributed by atoms with Crippen molar-refractivity contribution in [3.8, 4) is 5.75 Å². The molecule has 0 spiro atoms. The molecular weight excluding hydrogens is 301 g/mol. The fourth-order valence-corrected chi connectivity index (χ4v) is 1.87. The summed E-state index contributed by atoms with van der Waals surface area (Å²) in [5.41, 5.74) is 0. The molecule has 0 heterocycles. The van der Waals surface area contributed by atoms with Crippen LogP contribution in [0.2, 0.25) is 10.0 Å². The fraction of sp³-hybridized carbons (Fsp3) is 0.500. The van der Waals surface area contributed by atoms with Crippen molar-refractivity contribution in [3.05, 3.63) is 28.2 Å². The highest BCUT2D eigenvalue weighted by Gasteiger charge is 2.05. The van der Waals surface area contributed by atoms with E-state index in [0.717, 1.165) is 6.54 Å². The molecular formula is C14H19Cl2NO3. The number of rotatable bonds is 8. The molecule has 0 bridgehead atoms. The maximum absolute atomic E-state index is 11.4. The summed E-state index contributed by atoms with van der Waals surface area (Å²) in [4.78, 5) is 13.4. The molecule has 0 amide bonds. The number of hydrogen-bond acceptors (Lipinski definition) is 4. The Morgan fingerprint density at radius 2 is 2.00 bits per heavy atom. The van der Waals surface area contributed by atoms with Crippen LogP contribution in [0.25, 0.3) is 0 Å². The predicted octanol–water partition coefficient (Wildman–Crippen LogP) is 3.26. The first kappa shape index (κ1) is 17.1. The van der Waals surface area contributed by atoms with E-state index in [9.17, 15) is 4.79 Å². The van der Waals surface area contributed by atoms with Gasteiger partial charge in [-0.1, -0.05) is 23.2 Å². The minimum atomic E-state index is -0.211. The van der Waals surface area contributed by atoms with Gasteiger partial charge >= 0.3 is 5.97 Å². The first-order valence-corrected chi connectivity index (χ1v) is 7.13. The lowest BCUT2D eigenvalue weighted by molar-refractivity contribution is -0.144. The summed E-state index contributed by atoms with van der Waals surface area (Å²) in [5.74, 6) is 0.356. The lowest BCUT2D eigenvalue weighted by atomic mass is 10.3. The highest BCUT2D eigenvalue weighted by atomic mass is 35.5. The second-order valence-corrected chi connectivity index (χ2v) is 5.39. The number of carbonyl (C=O) groups excluding carboxylic acids is 1. The van der Waals surface area contributed by atoms with Crippen LogP contribution >= 0.6 is 23.2 Å². The molecule has 1 rings (SSSR count). The number of likely N-dealkylation sites (N-methyl/N-ethyl adjacent to an activating group) is 1. The molecule has 0 unspecified atom stereocenters. The van der Waals surface area contributed by atoms with Gasteiger partial charge in [0.1, 0.15) is 12.4 Å². The van der Waals surface area contributed by atoms with E-state index < -0.39 is 0 Å². The van der Waals surface area contributed by atoms with Crippen molar-refractivity contribution in [2.75, 3.05) is 33.9 Å². The van der Waals surface area contributed by atoms with E-state index in [1.54, 1.807) is 18.2 Å². The molecule has 0 aliphatic carbocycles. The van der Waals surface area contributed by atoms with Crippen molar-refractivity contribution in [1.82, 2.24) is 4.90 Å². The van der Waals surface area contributed by atoms with Gasteiger partial charge in [0.15, 0.2) is 0 Å². The zero-order valence-electron chi connectivity index (χ0n) is 11.7. The van der Waals surface area contributed by atoms with Crippen molar-refractivity contribution in [2.24, 2.45) is 0 Å². The third-order valence-corrected chi connectivity index (χ3v) is 3.01. The summed E-state index contributed by atoms with van der Waals surface area (Å²) in [7, 11) is 3.86. The molecule has 0 radical (unpaired) electrons. The molecule has 0 saturated carbocycles. The Bertz CT molecular complexity index is 438. The van der Waals surface area contributed by atoms with Crippen molar-refractivity contribution in [3.63, 3.8) is 0 Å². The maximum Gasteiger partial charge on any atom is 0.305 e. The summed E-state index contributed by atoms with van der Waals surface area (Å²) in [6.07, 6.45) is 0.915. The zero-order valence-corrected chi connectivity index (χ0v) is 13.2. The normalized spacial score (nSPS) is 10.7. The van der Waals surface area contributed by atoms with Gasteiger partial charge in [0.05, 0.1) is 11.6 Å². The van der Waals surface area contributed by atoms with Gasteiger partial charge in [0, 0.05) is 18.0 Å². The second-order valence-electron chi connectivity index (χ2n) is 4.55. The number of halogens is 2. The number of ether oxygens (including phenoxy) is 2. The average Bonchev–Trinajstić information content (AvgIpc) is 2.36. The summed E-state index contributed by atoms with van der Waals surface area (Å²) in [6, 6.07) is 5.03. The minimum absolute atomic E-state index is 0.211. The van der Waals surface area contributed by atoms with E-state index in [2.05, 4.69) is 0 Å². The Balaban J connectivity index is 2.16. The van der Waals surface area contributed by atoms with Gasteiger partial charge in [-0.25, -0.2) is 0 Å². The van der Waals surface area contributed by atoms with Gasteiger partial charge in [-0.05, 0) is 38.7 Å². The Morgan fingerprint density at radius 3 is 2.65 bits per heavy atom. The topological polar surface area (TPSA) is 38.8 Å². The van der Waals surface area contributed by atoms with Crippen molar-refractivity contribution in [1.29, 1.82) is 0 Å². The Kier molecular flexibility index (Phi) is 7.73. The van der Waals surface area contributed by atoms with E-state index in [4.69, 9.17) is 32.7 Å². The number of esters is 1. The minimum Gasteiger partial charge on any atom is -0.492 e. The van der Waals surface area contributed by atoms with Crippen LogP contribution < -0.4 is 4.74 Å². The van der Waals surface area contributed by atoms with Gasteiger partial charge in [-0.15, -0.1) is 0 Å². The van der Waals surface area contributed by atoms with Gasteiger partial charge < -0.3 is 14.4 Å². The molecule has 0 aliphatic heterocycles. The number of hydrogen-bond donors (Lipinski definition) is 0. The third-order valence-electron chi connectivity index (χ3n) is 2.48. The number of carbonyl (C=O) groups is 1. The van der Waals surface area contributed by atoms with Gasteiger partial charge in [-0.2, -0.15) is 0 Å². The van der Waals surface area contributed by atoms with Crippen LogP contribution in [0.1, 0.15) is 12.8 Å². The Hall–Kier alpha value is -0.970. The molecule has 112 valence electrons. The molecule has 0 saturated heterocycles. The molecule has 0 atom stereocenters. The lowest BCUT2D eigenvalue weighted by Crippen LogP contribution is -2.20. The molecule has 6 heteroatoms. The monoisotopic (exact) mass is 319 g/mol. The van der Waals surface area contributed by atoms with Gasteiger partial charge in [-0.3, -0.25) is 4.79 Å². The van der Waals surface area contributed by atoms with Crippen LogP contribution in [0.15, 0.2) is 18.2 Å². The lowest BCUT2D eigenvalue weighted by Gasteiger charge is -2.10. The second kappa shape index (κ2) is 9.06. The van der Waals surface area contributed by atoms with E-state index in [-0.39, 0.29) is 5.97 Å². The Morgan fingerprint density at radius 1 is 1.25 bits per heavy atom. The van der Waals surface area contributed by atoms with Gasteiger partial charge in [0.2, 0.25) is 0 Å². The molecule has 0 aromatic heterocycles. The predicted molar refractivity (Wildman–Crippen MR) is 80.7 cm³/mol. The molecule has 0 N–H and O–H groups in total. The van der Waals surface area contributed by atoms with Crippen molar-refractivity contribution in [2.45, 2.75) is 12.8 Å². The molecule has 4 nitrogen and oxygen atoms in total. The van der Waals surface area contributed by atoms with Crippen LogP contribution in [0.3, 0.4) is 0 Å². The van der Waals surface area contributed by atoms with Crippen molar-refractivity contribution < 1.29 is 14.3 Å². The largest absolute Gasteiger partial charge is 0.492 e. The van der Waals surface area contributed by atoms with Crippen LogP contribution in [0.5, 0.6) is 5.75 Å². The molecule has 0 aliphatic rings. The highest BCUT2D eigenvalue weighted by molar-refractivity contribution is 6.35. The third kappa shape index (κ3) is 6.98. The molecule has 1 aromatic carbocycles. The van der Waals surface area contributed by atoms with Crippen LogP contribution in [0, 0.1) is 0 Å². The average molecular weight is 320 g/mol. The smallest absolute Gasteiger partial charge is 0.305 e. The summed E-state index contributed by atoms with van der Waals surface area (Å²) in [6.45, 7) is 1.54. The zero-order chi connectivity index (χ0) is 15.0. The number of nitrogens with zero attached hydrogens (tertiary/aromatic N) is 1. The van der Waals surface area contributed by atoms with Gasteiger partial charge in [0.25, 0.3) is 0 Å². The van der Waals surface area contributed by atoms with Crippen molar-refractivity contribution >= 4 is 29.2 Å². The SMILES string of the molecule is CN(C)CCOC(=O)CCCOc1ccc(Cl)cc1Cl.